The second-order valence-corrected chi connectivity index (χ2v) is 7.25. The van der Waals surface area contributed by atoms with Crippen molar-refractivity contribution in [3.63, 3.8) is 0 Å². The predicted molar refractivity (Wildman–Crippen MR) is 80.5 cm³/mol. The van der Waals surface area contributed by atoms with Crippen LogP contribution in [0.5, 0.6) is 11.8 Å². The summed E-state index contributed by atoms with van der Waals surface area (Å²) in [6.45, 7) is 2.42. The Bertz CT molecular complexity index is 618. The van der Waals surface area contributed by atoms with Crippen molar-refractivity contribution >= 4 is 10.2 Å². The quantitative estimate of drug-likeness (QED) is 0.712. The van der Waals surface area contributed by atoms with Gasteiger partial charge in [-0.25, -0.2) is 0 Å². The Labute approximate surface area is 135 Å². The van der Waals surface area contributed by atoms with Gasteiger partial charge >= 0.3 is 0 Å². The molecule has 2 aliphatic heterocycles. The summed E-state index contributed by atoms with van der Waals surface area (Å²) in [5.74, 6) is 0.765. The molecule has 23 heavy (non-hydrogen) atoms. The molecule has 10 heteroatoms. The highest BCUT2D eigenvalue weighted by Crippen LogP contribution is 2.21. The molecule has 0 saturated carbocycles. The Kier molecular flexibility index (Phi) is 4.95. The van der Waals surface area contributed by atoms with Crippen LogP contribution in [0.1, 0.15) is 6.42 Å². The molecule has 1 aromatic rings. The molecule has 0 amide bonds. The number of morpholine rings is 1. The average molecular weight is 344 g/mol. The van der Waals surface area contributed by atoms with Crippen molar-refractivity contribution in [1.82, 2.24) is 18.8 Å². The summed E-state index contributed by atoms with van der Waals surface area (Å²) in [4.78, 5) is 0. The van der Waals surface area contributed by atoms with E-state index in [1.807, 2.05) is 0 Å². The molecular weight excluding hydrogens is 324 g/mol. The first-order valence-electron chi connectivity index (χ1n) is 7.47. The van der Waals surface area contributed by atoms with E-state index in [1.54, 1.807) is 12.1 Å². The van der Waals surface area contributed by atoms with Crippen LogP contribution >= 0.6 is 0 Å². The van der Waals surface area contributed by atoms with Gasteiger partial charge in [0.15, 0.2) is 0 Å². The first-order valence-corrected chi connectivity index (χ1v) is 8.86. The number of nitrogens with zero attached hydrogens (tertiary/aromatic N) is 4. The molecule has 9 nitrogen and oxygen atoms in total. The third kappa shape index (κ3) is 3.71. The first-order chi connectivity index (χ1) is 11.1. The molecule has 2 fully saturated rings. The lowest BCUT2D eigenvalue weighted by atomic mass is 10.3. The Morgan fingerprint density at radius 1 is 1.13 bits per heavy atom. The SMILES string of the molecule is COc1ccc(OC2CCN(S(=O)(=O)N3CCOCC3)C2)nn1. The number of hydrogen-bond donors (Lipinski definition) is 0. The Hall–Kier alpha value is -1.49. The van der Waals surface area contributed by atoms with Crippen LogP contribution in [0.2, 0.25) is 0 Å². The van der Waals surface area contributed by atoms with Gasteiger partial charge in [-0.1, -0.05) is 0 Å². The van der Waals surface area contributed by atoms with Crippen molar-refractivity contribution in [1.29, 1.82) is 0 Å². The lowest BCUT2D eigenvalue weighted by Crippen LogP contribution is -2.48. The monoisotopic (exact) mass is 344 g/mol. The second kappa shape index (κ2) is 6.95. The minimum atomic E-state index is -3.45. The molecule has 0 aromatic carbocycles. The summed E-state index contributed by atoms with van der Waals surface area (Å²) in [5.41, 5.74) is 0. The maximum absolute atomic E-state index is 12.6. The van der Waals surface area contributed by atoms with Gasteiger partial charge in [-0.15, -0.1) is 10.2 Å². The number of ether oxygens (including phenoxy) is 3. The number of rotatable bonds is 5. The van der Waals surface area contributed by atoms with Gasteiger partial charge in [-0.3, -0.25) is 0 Å². The molecule has 1 atom stereocenters. The van der Waals surface area contributed by atoms with E-state index in [2.05, 4.69) is 10.2 Å². The van der Waals surface area contributed by atoms with Crippen LogP contribution in [0.25, 0.3) is 0 Å². The molecular formula is C13H20N4O5S. The molecule has 2 aliphatic rings. The Balaban J connectivity index is 1.59. The smallest absolute Gasteiger partial charge is 0.282 e. The normalized spacial score (nSPS) is 23.8. The van der Waals surface area contributed by atoms with E-state index in [4.69, 9.17) is 14.2 Å². The van der Waals surface area contributed by atoms with E-state index in [1.165, 1.54) is 15.7 Å². The summed E-state index contributed by atoms with van der Waals surface area (Å²) < 4.78 is 43.9. The molecule has 3 heterocycles. The highest BCUT2D eigenvalue weighted by Gasteiger charge is 2.37. The van der Waals surface area contributed by atoms with Gasteiger partial charge in [-0.2, -0.15) is 17.0 Å². The molecule has 128 valence electrons. The van der Waals surface area contributed by atoms with E-state index < -0.39 is 10.2 Å². The molecule has 0 bridgehead atoms. The lowest BCUT2D eigenvalue weighted by Gasteiger charge is -2.29. The number of hydrogen-bond acceptors (Lipinski definition) is 7. The second-order valence-electron chi connectivity index (χ2n) is 5.32. The van der Waals surface area contributed by atoms with Crippen LogP contribution in [0.3, 0.4) is 0 Å². The fourth-order valence-electron chi connectivity index (χ4n) is 2.59. The van der Waals surface area contributed by atoms with Crippen molar-refractivity contribution in [2.24, 2.45) is 0 Å². The topological polar surface area (TPSA) is 94.1 Å². The highest BCUT2D eigenvalue weighted by atomic mass is 32.2. The summed E-state index contributed by atoms with van der Waals surface area (Å²) >= 11 is 0. The molecule has 3 rings (SSSR count). The van der Waals surface area contributed by atoms with Crippen molar-refractivity contribution < 1.29 is 22.6 Å². The van der Waals surface area contributed by atoms with Crippen molar-refractivity contribution in [3.05, 3.63) is 12.1 Å². The van der Waals surface area contributed by atoms with Crippen LogP contribution in [0.15, 0.2) is 12.1 Å². The van der Waals surface area contributed by atoms with Gasteiger partial charge in [-0.05, 0) is 6.42 Å². The Morgan fingerprint density at radius 2 is 1.83 bits per heavy atom. The minimum Gasteiger partial charge on any atom is -0.480 e. The van der Waals surface area contributed by atoms with Crippen LogP contribution in [-0.4, -0.2) is 79.8 Å². The van der Waals surface area contributed by atoms with E-state index in [0.717, 1.165) is 0 Å². The standard InChI is InChI=1S/C13H20N4O5S/c1-20-12-2-3-13(15-14-12)22-11-4-5-17(10-11)23(18,19)16-6-8-21-9-7-16/h2-3,11H,4-10H2,1H3. The van der Waals surface area contributed by atoms with Gasteiger partial charge in [0, 0.05) is 31.8 Å². The van der Waals surface area contributed by atoms with Gasteiger partial charge < -0.3 is 14.2 Å². The van der Waals surface area contributed by atoms with E-state index >= 15 is 0 Å². The summed E-state index contributed by atoms with van der Waals surface area (Å²) in [6, 6.07) is 3.31. The number of aromatic nitrogens is 2. The molecule has 0 N–H and O–H groups in total. The fourth-order valence-corrected chi connectivity index (χ4v) is 4.22. The lowest BCUT2D eigenvalue weighted by molar-refractivity contribution is 0.0703. The molecule has 1 unspecified atom stereocenters. The van der Waals surface area contributed by atoms with Crippen molar-refractivity contribution in [2.45, 2.75) is 12.5 Å². The maximum Gasteiger partial charge on any atom is 0.282 e. The van der Waals surface area contributed by atoms with Crippen LogP contribution in [0, 0.1) is 0 Å². The van der Waals surface area contributed by atoms with Gasteiger partial charge in [0.2, 0.25) is 11.8 Å². The molecule has 1 aromatic heterocycles. The van der Waals surface area contributed by atoms with Crippen LogP contribution in [-0.2, 0) is 14.9 Å². The van der Waals surface area contributed by atoms with Crippen LogP contribution in [0.4, 0.5) is 0 Å². The zero-order chi connectivity index (χ0) is 16.3. The third-order valence-electron chi connectivity index (χ3n) is 3.84. The zero-order valence-corrected chi connectivity index (χ0v) is 13.7. The Morgan fingerprint density at radius 3 is 2.48 bits per heavy atom. The van der Waals surface area contributed by atoms with E-state index in [9.17, 15) is 8.42 Å². The minimum absolute atomic E-state index is 0.228. The molecule has 0 aliphatic carbocycles. The first kappa shape index (κ1) is 16.4. The number of methoxy groups -OCH3 is 1. The van der Waals surface area contributed by atoms with Gasteiger partial charge in [0.1, 0.15) is 6.10 Å². The largest absolute Gasteiger partial charge is 0.480 e. The highest BCUT2D eigenvalue weighted by molar-refractivity contribution is 7.86. The predicted octanol–water partition coefficient (Wildman–Crippen LogP) is -0.485. The maximum atomic E-state index is 12.6. The van der Waals surface area contributed by atoms with Gasteiger partial charge in [0.25, 0.3) is 10.2 Å². The summed E-state index contributed by atoms with van der Waals surface area (Å²) in [6.07, 6.45) is 0.394. The zero-order valence-electron chi connectivity index (χ0n) is 12.9. The molecule has 2 saturated heterocycles. The van der Waals surface area contributed by atoms with Gasteiger partial charge in [0.05, 0.1) is 26.9 Å². The van der Waals surface area contributed by atoms with Crippen molar-refractivity contribution in [3.8, 4) is 11.8 Å². The average Bonchev–Trinajstić information content (AvgIpc) is 3.06. The van der Waals surface area contributed by atoms with E-state index in [-0.39, 0.29) is 6.10 Å². The fraction of sp³-hybridized carbons (Fsp3) is 0.692. The molecule has 0 spiro atoms. The van der Waals surface area contributed by atoms with Crippen LogP contribution < -0.4 is 9.47 Å². The summed E-state index contributed by atoms with van der Waals surface area (Å²) in [5, 5.41) is 7.73. The molecule has 0 radical (unpaired) electrons. The third-order valence-corrected chi connectivity index (χ3v) is 5.84. The van der Waals surface area contributed by atoms with E-state index in [0.29, 0.717) is 57.6 Å². The summed E-state index contributed by atoms with van der Waals surface area (Å²) in [7, 11) is -1.94. The van der Waals surface area contributed by atoms with Crippen molar-refractivity contribution in [2.75, 3.05) is 46.5 Å².